The molecule has 0 saturated carbocycles. The number of aromatic nitrogens is 7. The van der Waals surface area contributed by atoms with Crippen molar-refractivity contribution in [3.05, 3.63) is 18.3 Å². The molecule has 11 heteroatoms. The second kappa shape index (κ2) is 5.21. The van der Waals surface area contributed by atoms with Crippen LogP contribution in [0.5, 0.6) is 0 Å². The summed E-state index contributed by atoms with van der Waals surface area (Å²) in [7, 11) is 0. The third kappa shape index (κ3) is 2.30. The van der Waals surface area contributed by atoms with E-state index in [2.05, 4.69) is 30.7 Å². The van der Waals surface area contributed by atoms with Gasteiger partial charge in [-0.1, -0.05) is 5.10 Å². The number of tetrazole rings is 1. The smallest absolute Gasteiger partial charge is 0.396 e. The Morgan fingerprint density at radius 1 is 1.40 bits per heavy atom. The molecule has 0 atom stereocenters. The topological polar surface area (TPSA) is 121 Å². The maximum atomic E-state index is 11.4. The van der Waals surface area contributed by atoms with E-state index in [0.717, 1.165) is 11.8 Å². The number of hydrogen-bond donors (Lipinski definition) is 0. The van der Waals surface area contributed by atoms with Gasteiger partial charge in [0.2, 0.25) is 0 Å². The maximum Gasteiger partial charge on any atom is 0.396 e. The zero-order valence-corrected chi connectivity index (χ0v) is 10.9. The highest BCUT2D eigenvalue weighted by molar-refractivity contribution is 7.99. The standard InChI is InChI=1S/C9H7N7O3S/c1-2-18-8(17)7-12-13-9(19-7)20-6-4-10-3-5-11-14-15-16(5)6/h3-4H,2H2,1H3. The summed E-state index contributed by atoms with van der Waals surface area (Å²) in [6.45, 7) is 1.92. The summed E-state index contributed by atoms with van der Waals surface area (Å²) < 4.78 is 11.4. The van der Waals surface area contributed by atoms with Gasteiger partial charge >= 0.3 is 11.9 Å². The van der Waals surface area contributed by atoms with Gasteiger partial charge in [0, 0.05) is 0 Å². The van der Waals surface area contributed by atoms with Crippen molar-refractivity contribution in [3.63, 3.8) is 0 Å². The van der Waals surface area contributed by atoms with Crippen LogP contribution in [0.4, 0.5) is 0 Å². The van der Waals surface area contributed by atoms with Gasteiger partial charge in [-0.3, -0.25) is 4.98 Å². The normalized spacial score (nSPS) is 10.8. The van der Waals surface area contributed by atoms with E-state index >= 15 is 0 Å². The van der Waals surface area contributed by atoms with Gasteiger partial charge in [0.05, 0.1) is 19.0 Å². The molecule has 0 spiro atoms. The van der Waals surface area contributed by atoms with E-state index in [9.17, 15) is 4.79 Å². The first-order valence-corrected chi connectivity index (χ1v) is 6.30. The first-order chi connectivity index (χ1) is 9.78. The Hall–Kier alpha value is -2.56. The molecule has 0 amide bonds. The van der Waals surface area contributed by atoms with Gasteiger partial charge in [0.1, 0.15) is 5.03 Å². The van der Waals surface area contributed by atoms with Gasteiger partial charge in [-0.15, -0.1) is 10.2 Å². The Morgan fingerprint density at radius 3 is 3.15 bits per heavy atom. The van der Waals surface area contributed by atoms with Crippen LogP contribution in [0.3, 0.4) is 0 Å². The minimum atomic E-state index is -0.661. The number of nitrogens with zero attached hydrogens (tertiary/aromatic N) is 7. The fourth-order valence-corrected chi connectivity index (χ4v) is 2.05. The number of esters is 1. The molecule has 3 heterocycles. The highest BCUT2D eigenvalue weighted by Crippen LogP contribution is 2.25. The molecule has 0 aromatic carbocycles. The van der Waals surface area contributed by atoms with Gasteiger partial charge in [-0.25, -0.2) is 4.79 Å². The van der Waals surface area contributed by atoms with Crippen LogP contribution in [0, 0.1) is 0 Å². The highest BCUT2D eigenvalue weighted by Gasteiger charge is 2.17. The van der Waals surface area contributed by atoms with Crippen molar-refractivity contribution >= 4 is 23.4 Å². The van der Waals surface area contributed by atoms with E-state index in [1.54, 1.807) is 13.1 Å². The van der Waals surface area contributed by atoms with Crippen molar-refractivity contribution in [1.82, 2.24) is 35.2 Å². The fourth-order valence-electron chi connectivity index (χ4n) is 1.34. The van der Waals surface area contributed by atoms with Crippen LogP contribution < -0.4 is 0 Å². The van der Waals surface area contributed by atoms with Crippen LogP contribution >= 0.6 is 11.8 Å². The van der Waals surface area contributed by atoms with E-state index in [-0.39, 0.29) is 17.7 Å². The van der Waals surface area contributed by atoms with Crippen molar-refractivity contribution in [2.75, 3.05) is 6.61 Å². The minimum absolute atomic E-state index is 0.165. The van der Waals surface area contributed by atoms with Crippen molar-refractivity contribution in [2.24, 2.45) is 0 Å². The molecular formula is C9H7N7O3S. The first kappa shape index (κ1) is 12.5. The van der Waals surface area contributed by atoms with Crippen LogP contribution in [-0.4, -0.2) is 47.8 Å². The zero-order chi connectivity index (χ0) is 13.9. The SMILES string of the molecule is CCOC(=O)c1nnc(Sc2cncc3nnnn23)o1. The Balaban J connectivity index is 1.84. The lowest BCUT2D eigenvalue weighted by atomic mass is 10.7. The van der Waals surface area contributed by atoms with Gasteiger partial charge in [0.25, 0.3) is 5.22 Å². The zero-order valence-electron chi connectivity index (χ0n) is 10.1. The van der Waals surface area contributed by atoms with Crippen LogP contribution in [0.25, 0.3) is 5.65 Å². The summed E-state index contributed by atoms with van der Waals surface area (Å²) in [5, 5.41) is 19.2. The van der Waals surface area contributed by atoms with Crippen molar-refractivity contribution in [3.8, 4) is 0 Å². The predicted octanol–water partition coefficient (Wildman–Crippen LogP) is 0.230. The number of ether oxygens (including phenoxy) is 1. The largest absolute Gasteiger partial charge is 0.459 e. The Morgan fingerprint density at radius 2 is 2.30 bits per heavy atom. The van der Waals surface area contributed by atoms with Crippen LogP contribution in [0.15, 0.2) is 27.1 Å². The molecule has 0 radical (unpaired) electrons. The molecule has 0 aliphatic heterocycles. The third-order valence-electron chi connectivity index (χ3n) is 2.13. The third-order valence-corrected chi connectivity index (χ3v) is 2.95. The average molecular weight is 293 g/mol. The fraction of sp³-hybridized carbons (Fsp3) is 0.222. The van der Waals surface area contributed by atoms with Crippen LogP contribution in [-0.2, 0) is 4.74 Å². The van der Waals surface area contributed by atoms with Crippen molar-refractivity contribution in [2.45, 2.75) is 17.2 Å². The predicted molar refractivity (Wildman–Crippen MR) is 63.0 cm³/mol. The molecule has 0 N–H and O–H groups in total. The second-order valence-electron chi connectivity index (χ2n) is 3.39. The second-order valence-corrected chi connectivity index (χ2v) is 4.36. The molecule has 10 nitrogen and oxygen atoms in total. The molecule has 0 aliphatic carbocycles. The summed E-state index contributed by atoms with van der Waals surface area (Å²) in [4.78, 5) is 15.4. The van der Waals surface area contributed by atoms with Crippen LogP contribution in [0.1, 0.15) is 17.6 Å². The number of carbonyl (C=O) groups is 1. The average Bonchev–Trinajstić information content (AvgIpc) is 3.08. The van der Waals surface area contributed by atoms with Crippen LogP contribution in [0.2, 0.25) is 0 Å². The minimum Gasteiger partial charge on any atom is -0.459 e. The van der Waals surface area contributed by atoms with E-state index in [0.29, 0.717) is 10.7 Å². The molecule has 102 valence electrons. The molecule has 0 saturated heterocycles. The molecule has 0 aliphatic rings. The first-order valence-electron chi connectivity index (χ1n) is 5.48. The van der Waals surface area contributed by atoms with E-state index in [4.69, 9.17) is 9.15 Å². The number of rotatable bonds is 4. The molecule has 0 bridgehead atoms. The summed E-state index contributed by atoms with van der Waals surface area (Å²) in [5.41, 5.74) is 0.486. The molecule has 3 aromatic heterocycles. The molecule has 3 aromatic rings. The summed E-state index contributed by atoms with van der Waals surface area (Å²) in [6.07, 6.45) is 3.06. The highest BCUT2D eigenvalue weighted by atomic mass is 32.2. The van der Waals surface area contributed by atoms with Crippen molar-refractivity contribution < 1.29 is 13.9 Å². The summed E-state index contributed by atoms with van der Waals surface area (Å²) in [5.74, 6) is -0.864. The Labute approximate surface area is 115 Å². The molecule has 0 fully saturated rings. The lowest BCUT2D eigenvalue weighted by molar-refractivity contribution is 0.0475. The maximum absolute atomic E-state index is 11.4. The Bertz CT molecular complexity index is 755. The van der Waals surface area contributed by atoms with Gasteiger partial charge in [-0.2, -0.15) is 4.52 Å². The van der Waals surface area contributed by atoms with Crippen molar-refractivity contribution in [1.29, 1.82) is 0 Å². The van der Waals surface area contributed by atoms with E-state index in [1.165, 1.54) is 10.7 Å². The molecule has 20 heavy (non-hydrogen) atoms. The molecule has 3 rings (SSSR count). The van der Waals surface area contributed by atoms with E-state index < -0.39 is 5.97 Å². The monoisotopic (exact) mass is 293 g/mol. The lowest BCUT2D eigenvalue weighted by Crippen LogP contribution is -2.04. The van der Waals surface area contributed by atoms with E-state index in [1.807, 2.05) is 0 Å². The molecular weight excluding hydrogens is 286 g/mol. The van der Waals surface area contributed by atoms with Gasteiger partial charge in [-0.05, 0) is 29.1 Å². The lowest BCUT2D eigenvalue weighted by Gasteiger charge is -1.97. The van der Waals surface area contributed by atoms with Gasteiger partial charge < -0.3 is 9.15 Å². The number of carbonyl (C=O) groups excluding carboxylic acids is 1. The Kier molecular flexibility index (Phi) is 3.25. The summed E-state index contributed by atoms with van der Waals surface area (Å²) in [6, 6.07) is 0. The van der Waals surface area contributed by atoms with Gasteiger partial charge in [0.15, 0.2) is 5.65 Å². The number of hydrogen-bond acceptors (Lipinski definition) is 10. The quantitative estimate of drug-likeness (QED) is 0.618. The molecule has 0 unspecified atom stereocenters. The summed E-state index contributed by atoms with van der Waals surface area (Å²) >= 11 is 1.09. The number of fused-ring (bicyclic) bond motifs is 1.